The van der Waals surface area contributed by atoms with E-state index in [1.807, 2.05) is 0 Å². The molecule has 1 atom stereocenters. The van der Waals surface area contributed by atoms with Crippen molar-refractivity contribution in [2.45, 2.75) is 12.5 Å². The van der Waals surface area contributed by atoms with E-state index in [1.165, 1.54) is 6.26 Å². The zero-order valence-corrected chi connectivity index (χ0v) is 9.75. The normalized spacial score (nSPS) is 21.5. The van der Waals surface area contributed by atoms with E-state index in [-0.39, 0.29) is 11.9 Å². The summed E-state index contributed by atoms with van der Waals surface area (Å²) in [5, 5.41) is 3.18. The first-order valence-corrected chi connectivity index (χ1v) is 5.65. The van der Waals surface area contributed by atoms with E-state index in [0.29, 0.717) is 23.3 Å². The van der Waals surface area contributed by atoms with Crippen molar-refractivity contribution in [3.05, 3.63) is 22.6 Å². The van der Waals surface area contributed by atoms with Crippen molar-refractivity contribution in [2.75, 3.05) is 19.7 Å². The Morgan fingerprint density at radius 1 is 1.67 bits per heavy atom. The first-order chi connectivity index (χ1) is 7.27. The molecule has 1 saturated heterocycles. The molecule has 1 aliphatic heterocycles. The predicted molar refractivity (Wildman–Crippen MR) is 58.0 cm³/mol. The number of nitrogens with one attached hydrogen (secondary N) is 1. The lowest BCUT2D eigenvalue weighted by molar-refractivity contribution is 0.0233. The molecule has 1 fully saturated rings. The summed E-state index contributed by atoms with van der Waals surface area (Å²) in [6.07, 6.45) is 1.82. The third-order valence-corrected chi connectivity index (χ3v) is 2.91. The van der Waals surface area contributed by atoms with Gasteiger partial charge in [0, 0.05) is 19.5 Å². The smallest absolute Gasteiger partial charge is 0.201 e. The first kappa shape index (κ1) is 10.9. The maximum Gasteiger partial charge on any atom is 0.201 e. The fraction of sp³-hybridized carbons (Fsp3) is 0.500. The monoisotopic (exact) mass is 273 g/mol. The highest BCUT2D eigenvalue weighted by molar-refractivity contribution is 9.10. The topological polar surface area (TPSA) is 51.5 Å². The van der Waals surface area contributed by atoms with Gasteiger partial charge >= 0.3 is 0 Å². The van der Waals surface area contributed by atoms with E-state index >= 15 is 0 Å². The van der Waals surface area contributed by atoms with Crippen molar-refractivity contribution in [1.82, 2.24) is 5.32 Å². The van der Waals surface area contributed by atoms with Crippen LogP contribution in [0.4, 0.5) is 0 Å². The van der Waals surface area contributed by atoms with Crippen molar-refractivity contribution in [2.24, 2.45) is 0 Å². The van der Waals surface area contributed by atoms with Gasteiger partial charge in [-0.3, -0.25) is 4.79 Å². The maximum absolute atomic E-state index is 11.8. The summed E-state index contributed by atoms with van der Waals surface area (Å²) in [6.45, 7) is 2.25. The van der Waals surface area contributed by atoms with Gasteiger partial charge in [-0.25, -0.2) is 0 Å². The summed E-state index contributed by atoms with van der Waals surface area (Å²) in [5.74, 6) is 0.352. The fourth-order valence-electron chi connectivity index (χ4n) is 1.54. The van der Waals surface area contributed by atoms with E-state index in [9.17, 15) is 4.79 Å². The molecule has 2 rings (SSSR count). The lowest BCUT2D eigenvalue weighted by atomic mass is 10.1. The Labute approximate surface area is 96.1 Å². The van der Waals surface area contributed by atoms with Crippen LogP contribution in [-0.4, -0.2) is 31.6 Å². The standard InChI is InChI=1S/C10H12BrNO3/c11-8-1-3-15-10(8)9(13)5-7-6-12-2-4-14-7/h1,3,7,12H,2,4-6H2. The van der Waals surface area contributed by atoms with Gasteiger partial charge in [-0.05, 0) is 22.0 Å². The van der Waals surface area contributed by atoms with Crippen LogP contribution in [0, 0.1) is 0 Å². The van der Waals surface area contributed by atoms with Crippen molar-refractivity contribution < 1.29 is 13.9 Å². The number of morpholine rings is 1. The summed E-state index contributed by atoms with van der Waals surface area (Å²) in [6, 6.07) is 1.72. The number of halogens is 1. The average Bonchev–Trinajstić information content (AvgIpc) is 2.66. The summed E-state index contributed by atoms with van der Waals surface area (Å²) < 4.78 is 11.2. The minimum Gasteiger partial charge on any atom is -0.460 e. The van der Waals surface area contributed by atoms with Crippen molar-refractivity contribution in [1.29, 1.82) is 0 Å². The second-order valence-electron chi connectivity index (χ2n) is 3.42. The molecular formula is C10H12BrNO3. The van der Waals surface area contributed by atoms with Gasteiger partial charge in [-0.1, -0.05) is 0 Å². The van der Waals surface area contributed by atoms with Gasteiger partial charge < -0.3 is 14.5 Å². The fourth-order valence-corrected chi connectivity index (χ4v) is 1.97. The van der Waals surface area contributed by atoms with Gasteiger partial charge in [0.05, 0.1) is 23.4 Å². The molecule has 1 aliphatic rings. The molecule has 15 heavy (non-hydrogen) atoms. The van der Waals surface area contributed by atoms with Gasteiger partial charge in [0.15, 0.2) is 5.76 Å². The lowest BCUT2D eigenvalue weighted by Crippen LogP contribution is -2.39. The zero-order chi connectivity index (χ0) is 10.7. The van der Waals surface area contributed by atoms with Crippen molar-refractivity contribution >= 4 is 21.7 Å². The Balaban J connectivity index is 1.94. The summed E-state index contributed by atoms with van der Waals surface area (Å²) >= 11 is 3.26. The largest absolute Gasteiger partial charge is 0.460 e. The summed E-state index contributed by atoms with van der Waals surface area (Å²) in [5.41, 5.74) is 0. The Morgan fingerprint density at radius 3 is 3.13 bits per heavy atom. The minimum atomic E-state index is -0.0387. The number of hydrogen-bond donors (Lipinski definition) is 1. The average molecular weight is 274 g/mol. The Bertz CT molecular complexity index is 344. The molecule has 0 amide bonds. The number of Topliss-reactive ketones (excluding diaryl/α,β-unsaturated/α-hetero) is 1. The molecule has 0 aliphatic carbocycles. The SMILES string of the molecule is O=C(CC1CNCCO1)c1occc1Br. The minimum absolute atomic E-state index is 0.0272. The molecule has 0 aromatic carbocycles. The van der Waals surface area contributed by atoms with Crippen LogP contribution in [0.1, 0.15) is 17.0 Å². The number of hydrogen-bond acceptors (Lipinski definition) is 4. The van der Waals surface area contributed by atoms with Crippen LogP contribution in [0.2, 0.25) is 0 Å². The molecule has 2 heterocycles. The second kappa shape index (κ2) is 4.92. The van der Waals surface area contributed by atoms with Gasteiger partial charge in [-0.2, -0.15) is 0 Å². The molecule has 0 spiro atoms. The van der Waals surface area contributed by atoms with E-state index in [4.69, 9.17) is 9.15 Å². The highest BCUT2D eigenvalue weighted by Gasteiger charge is 2.21. The Morgan fingerprint density at radius 2 is 2.53 bits per heavy atom. The van der Waals surface area contributed by atoms with Gasteiger partial charge in [0.1, 0.15) is 0 Å². The van der Waals surface area contributed by atoms with Crippen molar-refractivity contribution in [3.63, 3.8) is 0 Å². The van der Waals surface area contributed by atoms with Crippen molar-refractivity contribution in [3.8, 4) is 0 Å². The second-order valence-corrected chi connectivity index (χ2v) is 4.28. The van der Waals surface area contributed by atoms with Gasteiger partial charge in [-0.15, -0.1) is 0 Å². The molecule has 82 valence electrons. The molecule has 1 aromatic heterocycles. The van der Waals surface area contributed by atoms with E-state index in [0.717, 1.165) is 13.1 Å². The van der Waals surface area contributed by atoms with E-state index < -0.39 is 0 Å². The maximum atomic E-state index is 11.8. The van der Waals surface area contributed by atoms with Crippen LogP contribution < -0.4 is 5.32 Å². The number of furan rings is 1. The molecule has 0 bridgehead atoms. The van der Waals surface area contributed by atoms with Crippen LogP contribution >= 0.6 is 15.9 Å². The first-order valence-electron chi connectivity index (χ1n) is 4.86. The van der Waals surface area contributed by atoms with E-state index in [2.05, 4.69) is 21.2 Å². The highest BCUT2D eigenvalue weighted by atomic mass is 79.9. The van der Waals surface area contributed by atoms with E-state index in [1.54, 1.807) is 6.07 Å². The van der Waals surface area contributed by atoms with Gasteiger partial charge in [0.25, 0.3) is 0 Å². The molecule has 1 N–H and O–H groups in total. The highest BCUT2D eigenvalue weighted by Crippen LogP contribution is 2.20. The van der Waals surface area contributed by atoms with Gasteiger partial charge in [0.2, 0.25) is 5.78 Å². The summed E-state index contributed by atoms with van der Waals surface area (Å²) in [4.78, 5) is 11.8. The van der Waals surface area contributed by atoms with Crippen LogP contribution in [0.15, 0.2) is 21.2 Å². The molecule has 0 radical (unpaired) electrons. The molecule has 4 nitrogen and oxygen atoms in total. The number of carbonyl (C=O) groups excluding carboxylic acids is 1. The number of rotatable bonds is 3. The van der Waals surface area contributed by atoms with Crippen LogP contribution in [0.25, 0.3) is 0 Å². The molecule has 1 aromatic rings. The Hall–Kier alpha value is -0.650. The Kier molecular flexibility index (Phi) is 3.56. The molecule has 5 heteroatoms. The quantitative estimate of drug-likeness (QED) is 0.851. The predicted octanol–water partition coefficient (Wildman–Crippen LogP) is 1.60. The summed E-state index contributed by atoms with van der Waals surface area (Å²) in [7, 11) is 0. The lowest BCUT2D eigenvalue weighted by Gasteiger charge is -2.22. The molecular weight excluding hydrogens is 262 g/mol. The molecule has 0 saturated carbocycles. The number of ketones is 1. The number of ether oxygens (including phenoxy) is 1. The third-order valence-electron chi connectivity index (χ3n) is 2.29. The zero-order valence-electron chi connectivity index (χ0n) is 8.16. The third kappa shape index (κ3) is 2.68. The van der Waals surface area contributed by atoms with Crippen LogP contribution in [0.5, 0.6) is 0 Å². The molecule has 1 unspecified atom stereocenters. The number of carbonyl (C=O) groups is 1. The van der Waals surface area contributed by atoms with Crippen LogP contribution in [-0.2, 0) is 4.74 Å². The van der Waals surface area contributed by atoms with Crippen LogP contribution in [0.3, 0.4) is 0 Å².